The Kier molecular flexibility index (Phi) is 10.8. The molecule has 0 spiro atoms. The van der Waals surface area contributed by atoms with E-state index in [0.717, 1.165) is 99.6 Å². The second-order valence-corrected chi connectivity index (χ2v) is 23.9. The monoisotopic (exact) mass is 744 g/mol. The van der Waals surface area contributed by atoms with Gasteiger partial charge in [0.15, 0.2) is 0 Å². The molecule has 9 aliphatic carbocycles. The van der Waals surface area contributed by atoms with Crippen LogP contribution in [-0.4, -0.2) is 45.7 Å². The maximum Gasteiger partial charge on any atom is 0.0769 e. The highest BCUT2D eigenvalue weighted by Crippen LogP contribution is 2.64. The first-order valence-corrected chi connectivity index (χ1v) is 26.3. The van der Waals surface area contributed by atoms with Crippen molar-refractivity contribution in [3.63, 3.8) is 0 Å². The van der Waals surface area contributed by atoms with Crippen molar-refractivity contribution >= 4 is 11.8 Å². The van der Waals surface area contributed by atoms with E-state index in [4.69, 9.17) is 4.74 Å². The van der Waals surface area contributed by atoms with Crippen LogP contribution in [0.1, 0.15) is 199 Å². The largest absolute Gasteiger partial charge is 0.372 e. The zero-order valence-corrected chi connectivity index (χ0v) is 35.0. The molecule has 298 valence electrons. The molecule has 0 radical (unpaired) electrons. The molecule has 0 aromatic rings. The lowest BCUT2D eigenvalue weighted by atomic mass is 9.56. The Hall–Kier alpha value is 0.270. The summed E-state index contributed by atoms with van der Waals surface area (Å²) in [7, 11) is 0. The molecule has 0 N–H and O–H groups in total. The van der Waals surface area contributed by atoms with Gasteiger partial charge < -0.3 is 4.74 Å². The highest BCUT2D eigenvalue weighted by Gasteiger charge is 2.63. The summed E-state index contributed by atoms with van der Waals surface area (Å²) < 4.78 is 7.99. The van der Waals surface area contributed by atoms with Crippen molar-refractivity contribution in [3.05, 3.63) is 0 Å². The zero-order chi connectivity index (χ0) is 34.9. The van der Waals surface area contributed by atoms with Gasteiger partial charge in [-0.15, -0.1) is 0 Å². The molecule has 53 heavy (non-hydrogen) atoms. The van der Waals surface area contributed by atoms with Crippen LogP contribution in [0.25, 0.3) is 0 Å². The molecular weight excluding hydrogens is 663 g/mol. The molecule has 11 fully saturated rings. The Morgan fingerprint density at radius 3 is 1.66 bits per heavy atom. The van der Waals surface area contributed by atoms with E-state index in [1.54, 1.807) is 89.9 Å². The lowest BCUT2D eigenvalue weighted by Gasteiger charge is -2.56. The van der Waals surface area contributed by atoms with Gasteiger partial charge in [-0.25, -0.2) is 0 Å². The smallest absolute Gasteiger partial charge is 0.0769 e. The van der Waals surface area contributed by atoms with Crippen molar-refractivity contribution < 1.29 is 4.74 Å². The van der Waals surface area contributed by atoms with E-state index in [1.807, 2.05) is 0 Å². The highest BCUT2D eigenvalue weighted by atomic mass is 32.2. The summed E-state index contributed by atoms with van der Waals surface area (Å²) in [6.45, 7) is 0. The molecule has 11 aliphatic rings. The fraction of sp³-hybridized carbons (Fsp3) is 1.00. The minimum absolute atomic E-state index is 0.561. The van der Waals surface area contributed by atoms with Crippen LogP contribution < -0.4 is 0 Å². The summed E-state index contributed by atoms with van der Waals surface area (Å²) in [5, 5.41) is 1.90. The molecule has 0 aromatic heterocycles. The molecular formula is C50H81NOS. The van der Waals surface area contributed by atoms with Crippen molar-refractivity contribution in [2.45, 2.75) is 240 Å². The molecule has 0 amide bonds. The van der Waals surface area contributed by atoms with Gasteiger partial charge >= 0.3 is 0 Å². The third kappa shape index (κ3) is 6.71. The van der Waals surface area contributed by atoms with E-state index in [1.165, 1.54) is 109 Å². The molecule has 2 aliphatic heterocycles. The fourth-order valence-corrected chi connectivity index (χ4v) is 20.4. The highest BCUT2D eigenvalue weighted by molar-refractivity contribution is 8.00. The van der Waals surface area contributed by atoms with Crippen LogP contribution >= 0.6 is 11.8 Å². The first-order valence-electron chi connectivity index (χ1n) is 25.4. The molecule has 11 rings (SSSR count). The minimum Gasteiger partial charge on any atom is -0.372 e. The molecule has 14 unspecified atom stereocenters. The van der Waals surface area contributed by atoms with Crippen LogP contribution in [0.3, 0.4) is 0 Å². The number of hydrogen-bond donors (Lipinski definition) is 0. The number of rotatable bonds is 5. The van der Waals surface area contributed by atoms with Crippen LogP contribution in [0.15, 0.2) is 0 Å². The van der Waals surface area contributed by atoms with Crippen molar-refractivity contribution in [1.82, 2.24) is 4.90 Å². The summed E-state index contributed by atoms with van der Waals surface area (Å²) in [5.74, 6) is 12.1. The Labute approximate surface area is 331 Å². The normalized spacial score (nSPS) is 53.2. The van der Waals surface area contributed by atoms with Crippen LogP contribution in [0.5, 0.6) is 0 Å². The third-order valence-corrected chi connectivity index (χ3v) is 22.3. The predicted octanol–water partition coefficient (Wildman–Crippen LogP) is 13.3. The Morgan fingerprint density at radius 2 is 0.887 bits per heavy atom. The summed E-state index contributed by atoms with van der Waals surface area (Å²) in [5.41, 5.74) is 0. The van der Waals surface area contributed by atoms with Gasteiger partial charge in [-0.3, -0.25) is 4.90 Å². The van der Waals surface area contributed by atoms with Gasteiger partial charge in [0.1, 0.15) is 0 Å². The van der Waals surface area contributed by atoms with Crippen LogP contribution in [0, 0.1) is 71.0 Å². The van der Waals surface area contributed by atoms with Gasteiger partial charge in [-0.2, -0.15) is 11.8 Å². The number of thioether (sulfide) groups is 1. The van der Waals surface area contributed by atoms with Gasteiger partial charge in [0.05, 0.1) is 12.2 Å². The van der Waals surface area contributed by atoms with Gasteiger partial charge in [-0.1, -0.05) is 96.3 Å². The number of nitrogens with zero attached hydrogens (tertiary/aromatic N) is 1. The average molecular weight is 744 g/mol. The Balaban J connectivity index is 0.875. The van der Waals surface area contributed by atoms with Crippen molar-refractivity contribution in [1.29, 1.82) is 0 Å². The molecule has 0 bridgehead atoms. The SMILES string of the molecule is C1CCC(C2CCC(N(C3CCC(C4CCCC5CCCCC54)CC3)C3CC4CCCCC4C4C5CCC6SC7CCCCC7C6C5OC43)CC2)CC1. The third-order valence-electron chi connectivity index (χ3n) is 20.4. The molecule has 14 atom stereocenters. The van der Waals surface area contributed by atoms with Gasteiger partial charge in [0.25, 0.3) is 0 Å². The minimum atomic E-state index is 0.561. The van der Waals surface area contributed by atoms with E-state index < -0.39 is 0 Å². The van der Waals surface area contributed by atoms with Crippen molar-refractivity contribution in [3.8, 4) is 0 Å². The Morgan fingerprint density at radius 1 is 0.340 bits per heavy atom. The first kappa shape index (κ1) is 36.4. The predicted molar refractivity (Wildman–Crippen MR) is 222 cm³/mol. The summed E-state index contributed by atoms with van der Waals surface area (Å²) in [6.07, 6.45) is 48.9. The maximum atomic E-state index is 7.99. The molecule has 3 heteroatoms. The van der Waals surface area contributed by atoms with E-state index in [9.17, 15) is 0 Å². The number of ether oxygens (including phenoxy) is 1. The zero-order valence-electron chi connectivity index (χ0n) is 34.2. The van der Waals surface area contributed by atoms with Crippen LogP contribution in [0.2, 0.25) is 0 Å². The standard InChI is InChI=1S/C50H81NOS/c1-2-11-32(12-3-1)33-21-25-37(26-22-33)51(38-27-23-35(24-28-38)40-19-10-15-34-13-4-6-16-39(34)40)44-31-36-14-5-7-17-41(36)47-43-29-30-46-48(49(43)52-50(44)47)42-18-8-9-20-45(42)53-46/h32-50H,1-31H2. The Bertz CT molecular complexity index is 1210. The van der Waals surface area contributed by atoms with E-state index in [0.29, 0.717) is 12.2 Å². The fourth-order valence-electron chi connectivity index (χ4n) is 18.4. The van der Waals surface area contributed by atoms with Gasteiger partial charge in [0.2, 0.25) is 0 Å². The van der Waals surface area contributed by atoms with Gasteiger partial charge in [-0.05, 0) is 168 Å². The van der Waals surface area contributed by atoms with Crippen molar-refractivity contribution in [2.24, 2.45) is 71.0 Å². The molecule has 2 heterocycles. The second kappa shape index (κ2) is 15.8. The summed E-state index contributed by atoms with van der Waals surface area (Å²) in [6, 6.07) is 2.43. The average Bonchev–Trinajstić information content (AvgIpc) is 3.81. The molecule has 9 saturated carbocycles. The summed E-state index contributed by atoms with van der Waals surface area (Å²) >= 11 is 2.48. The van der Waals surface area contributed by atoms with E-state index in [2.05, 4.69) is 16.7 Å². The maximum absolute atomic E-state index is 7.99. The first-order chi connectivity index (χ1) is 26.3. The molecule has 2 nitrogen and oxygen atoms in total. The summed E-state index contributed by atoms with van der Waals surface area (Å²) in [4.78, 5) is 3.42. The van der Waals surface area contributed by atoms with Crippen LogP contribution in [0.4, 0.5) is 0 Å². The molecule has 0 aromatic carbocycles. The van der Waals surface area contributed by atoms with Gasteiger partial charge in [0, 0.05) is 34.5 Å². The number of hydrogen-bond acceptors (Lipinski definition) is 3. The van der Waals surface area contributed by atoms with Crippen molar-refractivity contribution in [2.75, 3.05) is 0 Å². The quantitative estimate of drug-likeness (QED) is 0.278. The topological polar surface area (TPSA) is 12.5 Å². The second-order valence-electron chi connectivity index (χ2n) is 22.4. The number of fused-ring (bicyclic) bond motifs is 10. The lowest BCUT2D eigenvalue weighted by molar-refractivity contribution is -0.120. The van der Waals surface area contributed by atoms with E-state index >= 15 is 0 Å². The lowest BCUT2D eigenvalue weighted by Crippen LogP contribution is -2.61. The molecule has 2 saturated heterocycles. The van der Waals surface area contributed by atoms with E-state index in [-0.39, 0.29) is 0 Å². The van der Waals surface area contributed by atoms with Crippen LogP contribution in [-0.2, 0) is 4.74 Å².